The highest BCUT2D eigenvalue weighted by molar-refractivity contribution is 5.89. The molecule has 0 aliphatic carbocycles. The summed E-state index contributed by atoms with van der Waals surface area (Å²) < 4.78 is 4.90. The third-order valence-electron chi connectivity index (χ3n) is 3.59. The van der Waals surface area contributed by atoms with E-state index in [1.807, 2.05) is 0 Å². The van der Waals surface area contributed by atoms with Crippen LogP contribution in [0.2, 0.25) is 0 Å². The second kappa shape index (κ2) is 6.68. The van der Waals surface area contributed by atoms with Crippen LogP contribution in [0.25, 0.3) is 0 Å². The first-order valence-corrected chi connectivity index (χ1v) is 6.83. The predicted molar refractivity (Wildman–Crippen MR) is 72.7 cm³/mol. The monoisotopic (exact) mass is 266 g/mol. The summed E-state index contributed by atoms with van der Waals surface area (Å²) in [5.41, 5.74) is 5.66. The topological polar surface area (TPSA) is 84.4 Å². The maximum atomic E-state index is 11.7. The molecular weight excluding hydrogens is 244 g/mol. The van der Waals surface area contributed by atoms with E-state index >= 15 is 0 Å². The first-order valence-electron chi connectivity index (χ1n) is 6.83. The molecule has 0 unspecified atom stereocenters. The smallest absolute Gasteiger partial charge is 0.226 e. The van der Waals surface area contributed by atoms with Crippen LogP contribution >= 0.6 is 0 Å². The Hall–Kier alpha value is -1.40. The summed E-state index contributed by atoms with van der Waals surface area (Å²) >= 11 is 0. The molecule has 2 rings (SSSR count). The molecule has 1 aliphatic heterocycles. The molecule has 0 aromatic carbocycles. The molecule has 0 radical (unpaired) electrons. The van der Waals surface area contributed by atoms with Crippen molar-refractivity contribution >= 4 is 11.7 Å². The second-order valence-corrected chi connectivity index (χ2v) is 5.14. The highest BCUT2D eigenvalue weighted by Crippen LogP contribution is 2.16. The van der Waals surface area contributed by atoms with Gasteiger partial charge in [-0.05, 0) is 45.3 Å². The minimum absolute atomic E-state index is 0.0192. The average molecular weight is 266 g/mol. The van der Waals surface area contributed by atoms with Gasteiger partial charge in [0.1, 0.15) is 5.76 Å². The number of anilines is 1. The molecule has 1 aromatic heterocycles. The van der Waals surface area contributed by atoms with Gasteiger partial charge >= 0.3 is 0 Å². The summed E-state index contributed by atoms with van der Waals surface area (Å²) in [6.07, 6.45) is 2.76. The SMILES string of the molecule is Cc1cc(NC(=O)CCN2CCC(CN)CC2)no1. The van der Waals surface area contributed by atoms with Crippen LogP contribution in [-0.2, 0) is 4.79 Å². The minimum atomic E-state index is -0.0192. The number of nitrogens with zero attached hydrogens (tertiary/aromatic N) is 2. The molecule has 0 saturated carbocycles. The molecule has 1 aromatic rings. The summed E-state index contributed by atoms with van der Waals surface area (Å²) in [4.78, 5) is 14.1. The van der Waals surface area contributed by atoms with Crippen LogP contribution in [0.1, 0.15) is 25.0 Å². The van der Waals surface area contributed by atoms with Gasteiger partial charge in [-0.3, -0.25) is 4.79 Å². The Kier molecular flexibility index (Phi) is 4.93. The summed E-state index contributed by atoms with van der Waals surface area (Å²) in [7, 11) is 0. The highest BCUT2D eigenvalue weighted by Gasteiger charge is 2.18. The van der Waals surface area contributed by atoms with Crippen LogP contribution in [0, 0.1) is 12.8 Å². The number of nitrogens with two attached hydrogens (primary N) is 1. The zero-order valence-corrected chi connectivity index (χ0v) is 11.4. The molecule has 0 spiro atoms. The van der Waals surface area contributed by atoms with E-state index in [4.69, 9.17) is 10.3 Å². The average Bonchev–Trinajstić information content (AvgIpc) is 2.82. The van der Waals surface area contributed by atoms with Gasteiger partial charge in [0.15, 0.2) is 5.82 Å². The molecule has 1 fully saturated rings. The largest absolute Gasteiger partial charge is 0.360 e. The zero-order chi connectivity index (χ0) is 13.7. The number of aromatic nitrogens is 1. The van der Waals surface area contributed by atoms with Crippen LogP contribution in [0.5, 0.6) is 0 Å². The third-order valence-corrected chi connectivity index (χ3v) is 3.59. The molecule has 6 nitrogen and oxygen atoms in total. The number of carbonyl (C=O) groups is 1. The van der Waals surface area contributed by atoms with Gasteiger partial charge in [-0.2, -0.15) is 0 Å². The Bertz CT molecular complexity index is 411. The van der Waals surface area contributed by atoms with Crippen LogP contribution in [-0.4, -0.2) is 42.1 Å². The molecule has 3 N–H and O–H groups in total. The molecular formula is C13H22N4O2. The van der Waals surface area contributed by atoms with Gasteiger partial charge in [-0.1, -0.05) is 5.16 Å². The number of hydrogen-bond acceptors (Lipinski definition) is 5. The van der Waals surface area contributed by atoms with E-state index < -0.39 is 0 Å². The van der Waals surface area contributed by atoms with Crippen LogP contribution in [0.4, 0.5) is 5.82 Å². The van der Waals surface area contributed by atoms with Gasteiger partial charge in [-0.15, -0.1) is 0 Å². The van der Waals surface area contributed by atoms with Crippen molar-refractivity contribution in [3.05, 3.63) is 11.8 Å². The summed E-state index contributed by atoms with van der Waals surface area (Å²) in [5.74, 6) is 1.82. The van der Waals surface area contributed by atoms with E-state index in [0.29, 0.717) is 23.9 Å². The molecule has 6 heteroatoms. The Morgan fingerprint density at radius 2 is 2.32 bits per heavy atom. The lowest BCUT2D eigenvalue weighted by atomic mass is 9.97. The molecule has 106 valence electrons. The van der Waals surface area contributed by atoms with E-state index in [2.05, 4.69) is 15.4 Å². The molecule has 2 heterocycles. The van der Waals surface area contributed by atoms with E-state index in [-0.39, 0.29) is 5.91 Å². The number of aryl methyl sites for hydroxylation is 1. The van der Waals surface area contributed by atoms with Gasteiger partial charge in [0.25, 0.3) is 0 Å². The third kappa shape index (κ3) is 4.33. The number of likely N-dealkylation sites (tertiary alicyclic amines) is 1. The van der Waals surface area contributed by atoms with Gasteiger partial charge in [-0.25, -0.2) is 0 Å². The lowest BCUT2D eigenvalue weighted by Crippen LogP contribution is -2.37. The van der Waals surface area contributed by atoms with Crippen molar-refractivity contribution in [2.75, 3.05) is 31.5 Å². The second-order valence-electron chi connectivity index (χ2n) is 5.14. The highest BCUT2D eigenvalue weighted by atomic mass is 16.5. The normalized spacial score (nSPS) is 17.6. The van der Waals surface area contributed by atoms with Gasteiger partial charge in [0.2, 0.25) is 5.91 Å². The molecule has 0 bridgehead atoms. The van der Waals surface area contributed by atoms with E-state index in [1.165, 1.54) is 0 Å². The molecule has 1 saturated heterocycles. The number of rotatable bonds is 5. The summed E-state index contributed by atoms with van der Waals surface area (Å²) in [6.45, 7) is 5.44. The predicted octanol–water partition coefficient (Wildman–Crippen LogP) is 0.982. The van der Waals surface area contributed by atoms with Crippen LogP contribution in [0.3, 0.4) is 0 Å². The minimum Gasteiger partial charge on any atom is -0.360 e. The van der Waals surface area contributed by atoms with E-state index in [1.54, 1.807) is 13.0 Å². The molecule has 0 atom stereocenters. The van der Waals surface area contributed by atoms with Gasteiger partial charge in [0.05, 0.1) is 0 Å². The van der Waals surface area contributed by atoms with Crippen LogP contribution in [0.15, 0.2) is 10.6 Å². The lowest BCUT2D eigenvalue weighted by Gasteiger charge is -2.30. The number of nitrogens with one attached hydrogen (secondary N) is 1. The van der Waals surface area contributed by atoms with Crippen molar-refractivity contribution in [3.8, 4) is 0 Å². The summed E-state index contributed by atoms with van der Waals surface area (Å²) in [6, 6.07) is 1.71. The fourth-order valence-electron chi connectivity index (χ4n) is 2.34. The van der Waals surface area contributed by atoms with Crippen molar-refractivity contribution in [2.45, 2.75) is 26.2 Å². The quantitative estimate of drug-likeness (QED) is 0.830. The number of carbonyl (C=O) groups excluding carboxylic acids is 1. The Morgan fingerprint density at radius 3 is 2.89 bits per heavy atom. The standard InChI is InChI=1S/C13H22N4O2/c1-10-8-12(16-19-10)15-13(18)4-7-17-5-2-11(9-14)3-6-17/h8,11H,2-7,9,14H2,1H3,(H,15,16,18). The van der Waals surface area contributed by atoms with Crippen molar-refractivity contribution in [1.29, 1.82) is 0 Å². The van der Waals surface area contributed by atoms with Crippen molar-refractivity contribution in [2.24, 2.45) is 11.7 Å². The first-order chi connectivity index (χ1) is 9.17. The molecule has 19 heavy (non-hydrogen) atoms. The van der Waals surface area contributed by atoms with Crippen LogP contribution < -0.4 is 11.1 Å². The number of hydrogen-bond donors (Lipinski definition) is 2. The van der Waals surface area contributed by atoms with E-state index in [0.717, 1.165) is 39.0 Å². The van der Waals surface area contributed by atoms with E-state index in [9.17, 15) is 4.79 Å². The van der Waals surface area contributed by atoms with Crippen molar-refractivity contribution in [1.82, 2.24) is 10.1 Å². The van der Waals surface area contributed by atoms with Gasteiger partial charge < -0.3 is 20.5 Å². The number of piperidine rings is 1. The molecule has 1 aliphatic rings. The zero-order valence-electron chi connectivity index (χ0n) is 11.4. The Morgan fingerprint density at radius 1 is 1.58 bits per heavy atom. The fraction of sp³-hybridized carbons (Fsp3) is 0.692. The maximum Gasteiger partial charge on any atom is 0.226 e. The fourth-order valence-corrected chi connectivity index (χ4v) is 2.34. The lowest BCUT2D eigenvalue weighted by molar-refractivity contribution is -0.116. The Balaban J connectivity index is 1.67. The van der Waals surface area contributed by atoms with Gasteiger partial charge in [0, 0.05) is 19.0 Å². The Labute approximate surface area is 113 Å². The van der Waals surface area contributed by atoms with Crippen molar-refractivity contribution < 1.29 is 9.32 Å². The molecule has 1 amide bonds. The summed E-state index contributed by atoms with van der Waals surface area (Å²) in [5, 5.41) is 6.47. The van der Waals surface area contributed by atoms with Crippen molar-refractivity contribution in [3.63, 3.8) is 0 Å². The first kappa shape index (κ1) is 14.0. The number of amides is 1. The maximum absolute atomic E-state index is 11.7.